The molecule has 2 aromatic carbocycles. The number of hydrogen-bond donors (Lipinski definition) is 1. The van der Waals surface area contributed by atoms with Gasteiger partial charge in [-0.15, -0.1) is 0 Å². The number of hydrogen-bond acceptors (Lipinski definition) is 4. The predicted molar refractivity (Wildman–Crippen MR) is 107 cm³/mol. The van der Waals surface area contributed by atoms with Crippen molar-refractivity contribution in [2.75, 3.05) is 26.7 Å². The van der Waals surface area contributed by atoms with Crippen molar-refractivity contribution in [3.8, 4) is 0 Å². The van der Waals surface area contributed by atoms with Crippen LogP contribution in [0.5, 0.6) is 0 Å². The van der Waals surface area contributed by atoms with Crippen LogP contribution in [0.25, 0.3) is 5.57 Å². The number of methoxy groups -OCH3 is 1. The fourth-order valence-electron chi connectivity index (χ4n) is 3.62. The lowest BCUT2D eigenvalue weighted by molar-refractivity contribution is -0.152. The zero-order valence-electron chi connectivity index (χ0n) is 15.8. The number of carbonyl (C=O) groups excluding carboxylic acids is 1. The Hall–Kier alpha value is -2.43. The third-order valence-corrected chi connectivity index (χ3v) is 5.13. The molecule has 0 aliphatic carbocycles. The molecule has 142 valence electrons. The molecule has 1 heterocycles. The maximum atomic E-state index is 11.9. The molecule has 2 atom stereocenters. The van der Waals surface area contributed by atoms with Crippen LogP contribution in [0.4, 0.5) is 0 Å². The molecule has 1 N–H and O–H groups in total. The molecule has 4 nitrogen and oxygen atoms in total. The van der Waals surface area contributed by atoms with Gasteiger partial charge in [0.25, 0.3) is 0 Å². The van der Waals surface area contributed by atoms with Gasteiger partial charge >= 0.3 is 5.97 Å². The Morgan fingerprint density at radius 1 is 1.11 bits per heavy atom. The van der Waals surface area contributed by atoms with Crippen LogP contribution in [0, 0.1) is 5.92 Å². The van der Waals surface area contributed by atoms with Crippen molar-refractivity contribution in [3.63, 3.8) is 0 Å². The first-order valence-corrected chi connectivity index (χ1v) is 9.48. The number of ether oxygens (including phenoxy) is 1. The number of aliphatic hydroxyl groups excluding tert-OH is 1. The minimum atomic E-state index is -0.603. The summed E-state index contributed by atoms with van der Waals surface area (Å²) in [5.74, 6) is -0.771. The monoisotopic (exact) mass is 365 g/mol. The Morgan fingerprint density at radius 3 is 2.26 bits per heavy atom. The summed E-state index contributed by atoms with van der Waals surface area (Å²) < 4.78 is 4.83. The smallest absolute Gasteiger partial charge is 0.312 e. The van der Waals surface area contributed by atoms with E-state index in [4.69, 9.17) is 4.74 Å². The van der Waals surface area contributed by atoms with Crippen molar-refractivity contribution in [2.24, 2.45) is 5.92 Å². The average molecular weight is 365 g/mol. The maximum absolute atomic E-state index is 11.9. The highest BCUT2D eigenvalue weighted by molar-refractivity contribution is 5.79. The highest BCUT2D eigenvalue weighted by Gasteiger charge is 2.33. The van der Waals surface area contributed by atoms with Crippen LogP contribution < -0.4 is 0 Å². The predicted octanol–water partition coefficient (Wildman–Crippen LogP) is 3.36. The number of likely N-dealkylation sites (tertiary alicyclic amines) is 1. The van der Waals surface area contributed by atoms with Gasteiger partial charge in [-0.2, -0.15) is 0 Å². The lowest BCUT2D eigenvalue weighted by Crippen LogP contribution is -2.47. The van der Waals surface area contributed by atoms with Crippen LogP contribution >= 0.6 is 0 Å². The Kier molecular flexibility index (Phi) is 6.80. The van der Waals surface area contributed by atoms with E-state index < -0.39 is 12.0 Å². The Labute approximate surface area is 161 Å². The maximum Gasteiger partial charge on any atom is 0.312 e. The van der Waals surface area contributed by atoms with E-state index in [1.54, 1.807) is 0 Å². The summed E-state index contributed by atoms with van der Waals surface area (Å²) in [7, 11) is 1.38. The Balaban J connectivity index is 1.69. The number of esters is 1. The molecular formula is C23H27NO3. The molecule has 1 aliphatic rings. The fraction of sp³-hybridized carbons (Fsp3) is 0.348. The molecule has 27 heavy (non-hydrogen) atoms. The summed E-state index contributed by atoms with van der Waals surface area (Å²) in [4.78, 5) is 14.1. The number of nitrogens with zero attached hydrogens (tertiary/aromatic N) is 1. The molecule has 3 rings (SSSR count). The zero-order valence-corrected chi connectivity index (χ0v) is 15.8. The largest absolute Gasteiger partial charge is 0.469 e. The summed E-state index contributed by atoms with van der Waals surface area (Å²) >= 11 is 0. The standard InChI is InChI=1S/C23H27NO3/c1-27-23(26)21-17-24(16-14-22(21)25)15-8-13-20(18-9-4-2-5-10-18)19-11-6-3-7-12-19/h2-7,9-13,21-22,25H,8,14-17H2,1H3/t21-,22-/m0/s1. The van der Waals surface area contributed by atoms with Gasteiger partial charge in [0.2, 0.25) is 0 Å². The lowest BCUT2D eigenvalue weighted by Gasteiger charge is -2.34. The lowest BCUT2D eigenvalue weighted by atomic mass is 9.94. The SMILES string of the molecule is COC(=O)[C@H]1CN(CCC=C(c2ccccc2)c2ccccc2)CC[C@@H]1O. The van der Waals surface area contributed by atoms with E-state index in [1.165, 1.54) is 23.8 Å². The molecule has 0 radical (unpaired) electrons. The van der Waals surface area contributed by atoms with E-state index >= 15 is 0 Å². The number of rotatable bonds is 6. The molecule has 2 aromatic rings. The summed E-state index contributed by atoms with van der Waals surface area (Å²) in [6, 6.07) is 20.8. The van der Waals surface area contributed by atoms with E-state index in [-0.39, 0.29) is 5.97 Å². The van der Waals surface area contributed by atoms with Crippen LogP contribution in [0.1, 0.15) is 24.0 Å². The number of benzene rings is 2. The normalized spacial score (nSPS) is 20.1. The number of piperidine rings is 1. The first-order valence-electron chi connectivity index (χ1n) is 9.48. The van der Waals surface area contributed by atoms with E-state index in [1.807, 2.05) is 12.1 Å². The van der Waals surface area contributed by atoms with Crippen LogP contribution in [0.15, 0.2) is 66.7 Å². The van der Waals surface area contributed by atoms with Crippen LogP contribution in [-0.4, -0.2) is 48.8 Å². The molecule has 0 saturated carbocycles. The summed E-state index contributed by atoms with van der Waals surface area (Å²) in [5, 5.41) is 10.1. The average Bonchev–Trinajstić information content (AvgIpc) is 2.73. The minimum Gasteiger partial charge on any atom is -0.469 e. The highest BCUT2D eigenvalue weighted by Crippen LogP contribution is 2.24. The van der Waals surface area contributed by atoms with Gasteiger partial charge in [0, 0.05) is 19.6 Å². The summed E-state index contributed by atoms with van der Waals surface area (Å²) in [5.41, 5.74) is 3.62. The molecule has 0 aromatic heterocycles. The second kappa shape index (κ2) is 9.49. The first kappa shape index (κ1) is 19.3. The molecule has 1 aliphatic heterocycles. The summed E-state index contributed by atoms with van der Waals surface area (Å²) in [6.45, 7) is 2.20. The van der Waals surface area contributed by atoms with Crippen molar-refractivity contribution in [1.82, 2.24) is 4.90 Å². The van der Waals surface area contributed by atoms with Gasteiger partial charge in [0.05, 0.1) is 19.1 Å². The van der Waals surface area contributed by atoms with Gasteiger partial charge in [-0.05, 0) is 29.5 Å². The van der Waals surface area contributed by atoms with Crippen LogP contribution in [0.2, 0.25) is 0 Å². The number of carbonyl (C=O) groups is 1. The molecule has 1 saturated heterocycles. The third-order valence-electron chi connectivity index (χ3n) is 5.13. The van der Waals surface area contributed by atoms with Crippen molar-refractivity contribution in [2.45, 2.75) is 18.9 Å². The van der Waals surface area contributed by atoms with Crippen LogP contribution in [-0.2, 0) is 9.53 Å². The topological polar surface area (TPSA) is 49.8 Å². The van der Waals surface area contributed by atoms with Gasteiger partial charge in [-0.25, -0.2) is 0 Å². The van der Waals surface area contributed by atoms with Crippen molar-refractivity contribution >= 4 is 11.5 Å². The third kappa shape index (κ3) is 5.06. The Morgan fingerprint density at radius 2 is 1.70 bits per heavy atom. The number of aliphatic hydroxyl groups is 1. The summed E-state index contributed by atoms with van der Waals surface area (Å²) in [6.07, 6.45) is 3.15. The van der Waals surface area contributed by atoms with Crippen molar-refractivity contribution in [3.05, 3.63) is 77.9 Å². The van der Waals surface area contributed by atoms with Gasteiger partial charge in [-0.1, -0.05) is 66.7 Å². The van der Waals surface area contributed by atoms with E-state index in [0.717, 1.165) is 19.5 Å². The van der Waals surface area contributed by atoms with Gasteiger partial charge in [0.15, 0.2) is 0 Å². The van der Waals surface area contributed by atoms with Crippen molar-refractivity contribution in [1.29, 1.82) is 0 Å². The molecule has 0 spiro atoms. The van der Waals surface area contributed by atoms with Gasteiger partial charge < -0.3 is 14.7 Å². The quantitative estimate of drug-likeness (QED) is 0.798. The molecular weight excluding hydrogens is 338 g/mol. The van der Waals surface area contributed by atoms with E-state index in [0.29, 0.717) is 13.0 Å². The van der Waals surface area contributed by atoms with E-state index in [2.05, 4.69) is 59.5 Å². The molecule has 0 bridgehead atoms. The Bertz CT molecular complexity index is 716. The first-order chi connectivity index (χ1) is 13.2. The molecule has 4 heteroatoms. The highest BCUT2D eigenvalue weighted by atomic mass is 16.5. The zero-order chi connectivity index (χ0) is 19.1. The van der Waals surface area contributed by atoms with Crippen LogP contribution in [0.3, 0.4) is 0 Å². The van der Waals surface area contributed by atoms with Crippen molar-refractivity contribution < 1.29 is 14.6 Å². The fourth-order valence-corrected chi connectivity index (χ4v) is 3.62. The molecule has 0 unspecified atom stereocenters. The van der Waals surface area contributed by atoms with E-state index in [9.17, 15) is 9.90 Å². The minimum absolute atomic E-state index is 0.322. The second-order valence-electron chi connectivity index (χ2n) is 6.92. The molecule has 0 amide bonds. The van der Waals surface area contributed by atoms with Gasteiger partial charge in [0.1, 0.15) is 0 Å². The second-order valence-corrected chi connectivity index (χ2v) is 6.92. The molecule has 1 fully saturated rings. The van der Waals surface area contributed by atoms with Gasteiger partial charge in [-0.3, -0.25) is 4.79 Å².